The Morgan fingerprint density at radius 3 is 2.87 bits per heavy atom. The average Bonchev–Trinajstić information content (AvgIpc) is 2.52. The highest BCUT2D eigenvalue weighted by Crippen LogP contribution is 2.08. The van der Waals surface area contributed by atoms with Crippen molar-refractivity contribution in [2.24, 2.45) is 18.7 Å². The van der Waals surface area contributed by atoms with E-state index < -0.39 is 0 Å². The zero-order valence-corrected chi connectivity index (χ0v) is 9.81. The molecule has 0 bridgehead atoms. The Morgan fingerprint density at radius 2 is 2.33 bits per heavy atom. The van der Waals surface area contributed by atoms with Crippen LogP contribution in [0.15, 0.2) is 12.4 Å². The summed E-state index contributed by atoms with van der Waals surface area (Å²) < 4.78 is 7.10. The molecule has 4 heteroatoms. The number of methoxy groups -OCH3 is 1. The zero-order chi connectivity index (χ0) is 11.3. The summed E-state index contributed by atoms with van der Waals surface area (Å²) in [6, 6.07) is 0.163. The Balaban J connectivity index is 2.36. The van der Waals surface area contributed by atoms with Gasteiger partial charge in [-0.1, -0.05) is 6.92 Å². The van der Waals surface area contributed by atoms with Crippen molar-refractivity contribution in [2.75, 3.05) is 13.7 Å². The number of aromatic nitrogens is 2. The van der Waals surface area contributed by atoms with Crippen LogP contribution in [0.2, 0.25) is 0 Å². The summed E-state index contributed by atoms with van der Waals surface area (Å²) in [5.74, 6) is 1.55. The number of hydrogen-bond acceptors (Lipinski definition) is 3. The van der Waals surface area contributed by atoms with Gasteiger partial charge in [-0.25, -0.2) is 4.98 Å². The number of rotatable bonds is 6. The molecule has 1 aromatic rings. The Bertz CT molecular complexity index is 285. The fraction of sp³-hybridized carbons (Fsp3) is 0.727. The lowest BCUT2D eigenvalue weighted by molar-refractivity contribution is 0.152. The van der Waals surface area contributed by atoms with E-state index in [0.717, 1.165) is 25.3 Å². The molecule has 0 aromatic carbocycles. The molecule has 86 valence electrons. The Labute approximate surface area is 91.4 Å². The van der Waals surface area contributed by atoms with Gasteiger partial charge in [-0.2, -0.15) is 0 Å². The predicted octanol–water partition coefficient (Wildman–Crippen LogP) is 0.962. The standard InChI is InChI=1S/C11H21N3O/c1-9(8-15-3)6-10(12)7-11-13-4-5-14(11)2/h4-5,9-10H,6-8,12H2,1-3H3. The van der Waals surface area contributed by atoms with E-state index in [1.165, 1.54) is 0 Å². The van der Waals surface area contributed by atoms with E-state index in [0.29, 0.717) is 5.92 Å². The summed E-state index contributed by atoms with van der Waals surface area (Å²) in [6.45, 7) is 2.93. The van der Waals surface area contributed by atoms with Crippen molar-refractivity contribution < 1.29 is 4.74 Å². The van der Waals surface area contributed by atoms with Crippen molar-refractivity contribution in [2.45, 2.75) is 25.8 Å². The van der Waals surface area contributed by atoms with Gasteiger partial charge >= 0.3 is 0 Å². The quantitative estimate of drug-likeness (QED) is 0.762. The summed E-state index contributed by atoms with van der Waals surface area (Å²) in [5.41, 5.74) is 6.06. The van der Waals surface area contributed by atoms with Crippen LogP contribution in [0.3, 0.4) is 0 Å². The first-order chi connectivity index (χ1) is 7.13. The maximum atomic E-state index is 6.06. The van der Waals surface area contributed by atoms with Crippen LogP contribution in [-0.4, -0.2) is 29.3 Å². The first kappa shape index (κ1) is 12.2. The average molecular weight is 211 g/mol. The van der Waals surface area contributed by atoms with E-state index in [-0.39, 0.29) is 6.04 Å². The molecule has 1 rings (SSSR count). The molecule has 1 aromatic heterocycles. The summed E-state index contributed by atoms with van der Waals surface area (Å²) >= 11 is 0. The molecular formula is C11H21N3O. The first-order valence-electron chi connectivity index (χ1n) is 5.34. The van der Waals surface area contributed by atoms with Crippen molar-refractivity contribution in [1.82, 2.24) is 9.55 Å². The number of hydrogen-bond donors (Lipinski definition) is 1. The molecule has 0 amide bonds. The molecule has 0 saturated carbocycles. The van der Waals surface area contributed by atoms with E-state index in [1.807, 2.05) is 17.8 Å². The molecule has 0 aliphatic rings. The van der Waals surface area contributed by atoms with Crippen molar-refractivity contribution in [3.8, 4) is 0 Å². The fourth-order valence-corrected chi connectivity index (χ4v) is 1.78. The van der Waals surface area contributed by atoms with E-state index in [9.17, 15) is 0 Å². The smallest absolute Gasteiger partial charge is 0.109 e. The van der Waals surface area contributed by atoms with E-state index >= 15 is 0 Å². The lowest BCUT2D eigenvalue weighted by atomic mass is 10.0. The topological polar surface area (TPSA) is 53.1 Å². The van der Waals surface area contributed by atoms with Crippen molar-refractivity contribution >= 4 is 0 Å². The number of imidazole rings is 1. The van der Waals surface area contributed by atoms with Gasteiger partial charge in [0.05, 0.1) is 0 Å². The SMILES string of the molecule is COCC(C)CC(N)Cc1nccn1C. The number of aryl methyl sites for hydroxylation is 1. The normalized spacial score (nSPS) is 15.2. The minimum Gasteiger partial charge on any atom is -0.384 e. The lowest BCUT2D eigenvalue weighted by Gasteiger charge is -2.16. The molecule has 0 aliphatic heterocycles. The second-order valence-electron chi connectivity index (χ2n) is 4.21. The minimum absolute atomic E-state index is 0.163. The molecule has 0 fully saturated rings. The summed E-state index contributed by atoms with van der Waals surface area (Å²) in [5, 5.41) is 0. The van der Waals surface area contributed by atoms with Gasteiger partial charge in [-0.3, -0.25) is 0 Å². The van der Waals surface area contributed by atoms with Gasteiger partial charge in [0.1, 0.15) is 5.82 Å². The number of nitrogens with zero attached hydrogens (tertiary/aromatic N) is 2. The highest BCUT2D eigenvalue weighted by molar-refractivity contribution is 4.94. The maximum Gasteiger partial charge on any atom is 0.109 e. The van der Waals surface area contributed by atoms with Gasteiger partial charge in [-0.05, 0) is 12.3 Å². The van der Waals surface area contributed by atoms with Crippen LogP contribution < -0.4 is 5.73 Å². The zero-order valence-electron chi connectivity index (χ0n) is 9.81. The minimum atomic E-state index is 0.163. The number of ether oxygens (including phenoxy) is 1. The summed E-state index contributed by atoms with van der Waals surface area (Å²) in [6.07, 6.45) is 5.56. The second kappa shape index (κ2) is 5.88. The van der Waals surface area contributed by atoms with Gasteiger partial charge in [-0.15, -0.1) is 0 Å². The van der Waals surface area contributed by atoms with Crippen molar-refractivity contribution in [3.63, 3.8) is 0 Å². The Hall–Kier alpha value is -0.870. The summed E-state index contributed by atoms with van der Waals surface area (Å²) in [7, 11) is 3.72. The fourth-order valence-electron chi connectivity index (χ4n) is 1.78. The Morgan fingerprint density at radius 1 is 1.60 bits per heavy atom. The molecule has 4 nitrogen and oxygen atoms in total. The highest BCUT2D eigenvalue weighted by Gasteiger charge is 2.11. The van der Waals surface area contributed by atoms with Crippen LogP contribution in [0, 0.1) is 5.92 Å². The third-order valence-corrected chi connectivity index (χ3v) is 2.52. The molecule has 0 saturated heterocycles. The van der Waals surface area contributed by atoms with Crippen LogP contribution in [-0.2, 0) is 18.2 Å². The molecule has 0 radical (unpaired) electrons. The lowest BCUT2D eigenvalue weighted by Crippen LogP contribution is -2.27. The van der Waals surface area contributed by atoms with Crippen LogP contribution in [0.1, 0.15) is 19.2 Å². The van der Waals surface area contributed by atoms with Crippen molar-refractivity contribution in [3.05, 3.63) is 18.2 Å². The van der Waals surface area contributed by atoms with Crippen LogP contribution >= 0.6 is 0 Å². The number of nitrogens with two attached hydrogens (primary N) is 1. The maximum absolute atomic E-state index is 6.06. The van der Waals surface area contributed by atoms with Gasteiger partial charge < -0.3 is 15.0 Å². The van der Waals surface area contributed by atoms with Gasteiger partial charge in [0.2, 0.25) is 0 Å². The molecule has 2 atom stereocenters. The third-order valence-electron chi connectivity index (χ3n) is 2.52. The van der Waals surface area contributed by atoms with Crippen LogP contribution in [0.25, 0.3) is 0 Å². The molecule has 15 heavy (non-hydrogen) atoms. The van der Waals surface area contributed by atoms with E-state index in [4.69, 9.17) is 10.5 Å². The van der Waals surface area contributed by atoms with Gasteiger partial charge in [0, 0.05) is 45.6 Å². The largest absolute Gasteiger partial charge is 0.384 e. The monoisotopic (exact) mass is 211 g/mol. The third kappa shape index (κ3) is 4.01. The van der Waals surface area contributed by atoms with E-state index in [1.54, 1.807) is 13.3 Å². The van der Waals surface area contributed by atoms with Gasteiger partial charge in [0.15, 0.2) is 0 Å². The summed E-state index contributed by atoms with van der Waals surface area (Å²) in [4.78, 5) is 4.26. The predicted molar refractivity (Wildman–Crippen MR) is 60.5 cm³/mol. The van der Waals surface area contributed by atoms with Crippen LogP contribution in [0.4, 0.5) is 0 Å². The van der Waals surface area contributed by atoms with Crippen LogP contribution in [0.5, 0.6) is 0 Å². The Kier molecular flexibility index (Phi) is 4.78. The molecule has 0 aliphatic carbocycles. The second-order valence-corrected chi connectivity index (χ2v) is 4.21. The highest BCUT2D eigenvalue weighted by atomic mass is 16.5. The molecule has 0 spiro atoms. The van der Waals surface area contributed by atoms with Crippen molar-refractivity contribution in [1.29, 1.82) is 0 Å². The first-order valence-corrected chi connectivity index (χ1v) is 5.34. The molecule has 2 N–H and O–H groups in total. The molecule has 1 heterocycles. The van der Waals surface area contributed by atoms with E-state index in [2.05, 4.69) is 11.9 Å². The molecule has 2 unspecified atom stereocenters. The van der Waals surface area contributed by atoms with Gasteiger partial charge in [0.25, 0.3) is 0 Å². The molecular weight excluding hydrogens is 190 g/mol.